The maximum atomic E-state index is 12.8. The number of pyridine rings is 2. The van der Waals surface area contributed by atoms with Crippen molar-refractivity contribution in [2.24, 2.45) is 0 Å². The van der Waals surface area contributed by atoms with Gasteiger partial charge in [-0.2, -0.15) is 13.2 Å². The minimum absolute atomic E-state index is 0.0174. The van der Waals surface area contributed by atoms with E-state index in [4.69, 9.17) is 4.74 Å². The summed E-state index contributed by atoms with van der Waals surface area (Å²) in [4.78, 5) is 28.7. The minimum atomic E-state index is -4.61. The molecule has 9 heteroatoms. The molecule has 0 saturated heterocycles. The van der Waals surface area contributed by atoms with Crippen LogP contribution in [0.1, 0.15) is 26.5 Å². The second-order valence-corrected chi connectivity index (χ2v) is 6.53. The summed E-state index contributed by atoms with van der Waals surface area (Å²) in [6.45, 7) is 5.12. The summed E-state index contributed by atoms with van der Waals surface area (Å²) in [6.07, 6.45) is -3.01. The van der Waals surface area contributed by atoms with Crippen LogP contribution in [0.25, 0.3) is 5.69 Å². The van der Waals surface area contributed by atoms with E-state index < -0.39 is 29.1 Å². The molecular formula is C17H18F3N3O3. The number of hydrogen-bond donors (Lipinski definition) is 0. The molecule has 0 spiro atoms. The first kappa shape index (κ1) is 19.5. The van der Waals surface area contributed by atoms with E-state index in [2.05, 4.69) is 4.98 Å². The normalized spacial score (nSPS) is 12.0. The molecule has 0 aliphatic heterocycles. The van der Waals surface area contributed by atoms with E-state index >= 15 is 0 Å². The van der Waals surface area contributed by atoms with Gasteiger partial charge in [-0.3, -0.25) is 19.2 Å². The number of halogens is 3. The van der Waals surface area contributed by atoms with E-state index in [1.807, 2.05) is 0 Å². The SMILES string of the molecule is CN(C(=O)OC(C)(C)C)c1ccn(-c2ccnc(C(F)(F)F)c2)c(=O)c1. The zero-order valence-corrected chi connectivity index (χ0v) is 14.7. The third-order valence-electron chi connectivity index (χ3n) is 3.27. The summed E-state index contributed by atoms with van der Waals surface area (Å²) in [6, 6.07) is 4.63. The summed E-state index contributed by atoms with van der Waals surface area (Å²) < 4.78 is 44.5. The number of carbonyl (C=O) groups is 1. The molecule has 140 valence electrons. The Morgan fingerprint density at radius 3 is 2.38 bits per heavy atom. The highest BCUT2D eigenvalue weighted by atomic mass is 19.4. The van der Waals surface area contributed by atoms with Crippen LogP contribution in [0.3, 0.4) is 0 Å². The number of carbonyl (C=O) groups excluding carboxylic acids is 1. The average Bonchev–Trinajstić information content (AvgIpc) is 2.51. The highest BCUT2D eigenvalue weighted by Crippen LogP contribution is 2.28. The Bertz CT molecular complexity index is 870. The van der Waals surface area contributed by atoms with Gasteiger partial charge in [0.15, 0.2) is 0 Å². The molecule has 0 aromatic carbocycles. The van der Waals surface area contributed by atoms with Crippen molar-refractivity contribution in [1.82, 2.24) is 9.55 Å². The van der Waals surface area contributed by atoms with Crippen molar-refractivity contribution >= 4 is 11.8 Å². The summed E-state index contributed by atoms with van der Waals surface area (Å²) in [5.41, 5.74) is -2.13. The van der Waals surface area contributed by atoms with Crippen molar-refractivity contribution in [3.8, 4) is 5.69 Å². The maximum Gasteiger partial charge on any atom is 0.433 e. The molecule has 0 unspecified atom stereocenters. The van der Waals surface area contributed by atoms with Crippen LogP contribution in [0.5, 0.6) is 0 Å². The van der Waals surface area contributed by atoms with Crippen molar-refractivity contribution in [3.05, 3.63) is 52.7 Å². The Balaban J connectivity index is 2.34. The summed E-state index contributed by atoms with van der Waals surface area (Å²) >= 11 is 0. The predicted octanol–water partition coefficient (Wildman–Crippen LogP) is 3.62. The monoisotopic (exact) mass is 369 g/mol. The number of hydrogen-bond acceptors (Lipinski definition) is 4. The van der Waals surface area contributed by atoms with Gasteiger partial charge in [-0.25, -0.2) is 4.79 Å². The fourth-order valence-corrected chi connectivity index (χ4v) is 2.05. The minimum Gasteiger partial charge on any atom is -0.443 e. The number of alkyl halides is 3. The van der Waals surface area contributed by atoms with Crippen molar-refractivity contribution in [3.63, 3.8) is 0 Å². The molecule has 0 radical (unpaired) electrons. The lowest BCUT2D eigenvalue weighted by Gasteiger charge is -2.24. The van der Waals surface area contributed by atoms with Crippen LogP contribution in [0.2, 0.25) is 0 Å². The fraction of sp³-hybridized carbons (Fsp3) is 0.353. The zero-order chi connectivity index (χ0) is 19.7. The van der Waals surface area contributed by atoms with E-state index in [-0.39, 0.29) is 11.4 Å². The van der Waals surface area contributed by atoms with Crippen molar-refractivity contribution in [2.75, 3.05) is 11.9 Å². The van der Waals surface area contributed by atoms with Gasteiger partial charge in [0, 0.05) is 25.5 Å². The number of amides is 1. The first-order valence-corrected chi connectivity index (χ1v) is 7.61. The summed E-state index contributed by atoms with van der Waals surface area (Å²) in [5, 5.41) is 0. The van der Waals surface area contributed by atoms with Crippen LogP contribution in [-0.2, 0) is 10.9 Å². The average molecular weight is 369 g/mol. The lowest BCUT2D eigenvalue weighted by Crippen LogP contribution is -2.34. The third kappa shape index (κ3) is 4.62. The Morgan fingerprint density at radius 2 is 1.85 bits per heavy atom. The Kier molecular flexibility index (Phi) is 5.11. The first-order chi connectivity index (χ1) is 11.9. The Hall–Kier alpha value is -2.84. The van der Waals surface area contributed by atoms with Crippen molar-refractivity contribution in [2.45, 2.75) is 32.5 Å². The molecule has 2 rings (SSSR count). The molecular weight excluding hydrogens is 351 g/mol. The molecule has 0 N–H and O–H groups in total. The summed E-state index contributed by atoms with van der Waals surface area (Å²) in [7, 11) is 1.43. The van der Waals surface area contributed by atoms with Crippen LogP contribution in [-0.4, -0.2) is 28.3 Å². The fourth-order valence-electron chi connectivity index (χ4n) is 2.05. The number of nitrogens with zero attached hydrogens (tertiary/aromatic N) is 3. The van der Waals surface area contributed by atoms with Crippen LogP contribution in [0, 0.1) is 0 Å². The largest absolute Gasteiger partial charge is 0.443 e. The van der Waals surface area contributed by atoms with Crippen molar-refractivity contribution < 1.29 is 22.7 Å². The number of anilines is 1. The Morgan fingerprint density at radius 1 is 1.19 bits per heavy atom. The molecule has 26 heavy (non-hydrogen) atoms. The lowest BCUT2D eigenvalue weighted by atomic mass is 10.2. The van der Waals surface area contributed by atoms with Gasteiger partial charge < -0.3 is 4.74 Å². The maximum absolute atomic E-state index is 12.8. The van der Waals surface area contributed by atoms with Crippen LogP contribution in [0.15, 0.2) is 41.5 Å². The van der Waals surface area contributed by atoms with Gasteiger partial charge in [0.2, 0.25) is 0 Å². The quantitative estimate of drug-likeness (QED) is 0.811. The van der Waals surface area contributed by atoms with Crippen LogP contribution >= 0.6 is 0 Å². The predicted molar refractivity (Wildman–Crippen MR) is 89.5 cm³/mol. The van der Waals surface area contributed by atoms with Gasteiger partial charge in [-0.1, -0.05) is 0 Å². The number of aromatic nitrogens is 2. The molecule has 0 aliphatic rings. The van der Waals surface area contributed by atoms with E-state index in [0.717, 1.165) is 27.8 Å². The van der Waals surface area contributed by atoms with Gasteiger partial charge in [0.05, 0.1) is 11.4 Å². The van der Waals surface area contributed by atoms with E-state index in [1.54, 1.807) is 20.8 Å². The topological polar surface area (TPSA) is 64.4 Å². The molecule has 6 nitrogen and oxygen atoms in total. The second-order valence-electron chi connectivity index (χ2n) is 6.53. The summed E-state index contributed by atoms with van der Waals surface area (Å²) in [5.74, 6) is 0. The van der Waals surface area contributed by atoms with Crippen molar-refractivity contribution in [1.29, 1.82) is 0 Å². The molecule has 0 aliphatic carbocycles. The molecule has 2 aromatic heterocycles. The van der Waals surface area contributed by atoms with Gasteiger partial charge in [0.1, 0.15) is 11.3 Å². The van der Waals surface area contributed by atoms with E-state index in [0.29, 0.717) is 0 Å². The molecule has 2 heterocycles. The van der Waals surface area contributed by atoms with Crippen LogP contribution in [0.4, 0.5) is 23.7 Å². The lowest BCUT2D eigenvalue weighted by molar-refractivity contribution is -0.141. The zero-order valence-electron chi connectivity index (χ0n) is 14.7. The highest BCUT2D eigenvalue weighted by molar-refractivity contribution is 5.87. The van der Waals surface area contributed by atoms with Crippen LogP contribution < -0.4 is 10.5 Å². The van der Waals surface area contributed by atoms with Gasteiger partial charge in [-0.05, 0) is 39.0 Å². The number of rotatable bonds is 2. The smallest absolute Gasteiger partial charge is 0.433 e. The molecule has 1 amide bonds. The van der Waals surface area contributed by atoms with Gasteiger partial charge in [0.25, 0.3) is 5.56 Å². The molecule has 0 bridgehead atoms. The highest BCUT2D eigenvalue weighted by Gasteiger charge is 2.32. The van der Waals surface area contributed by atoms with Gasteiger partial charge >= 0.3 is 12.3 Å². The van der Waals surface area contributed by atoms with E-state index in [1.165, 1.54) is 25.4 Å². The second kappa shape index (κ2) is 6.81. The molecule has 0 fully saturated rings. The van der Waals surface area contributed by atoms with Gasteiger partial charge in [-0.15, -0.1) is 0 Å². The third-order valence-corrected chi connectivity index (χ3v) is 3.27. The molecule has 0 saturated carbocycles. The molecule has 0 atom stereocenters. The van der Waals surface area contributed by atoms with E-state index in [9.17, 15) is 22.8 Å². The molecule has 2 aromatic rings. The standard InChI is InChI=1S/C17H18F3N3O3/c1-16(2,3)26-15(25)22(4)11-6-8-23(14(24)10-11)12-5-7-21-13(9-12)17(18,19)20/h5-10H,1-4H3. The first-order valence-electron chi connectivity index (χ1n) is 7.61. The Labute approximate surface area is 147 Å². The number of ether oxygens (including phenoxy) is 1.